The van der Waals surface area contributed by atoms with Crippen LogP contribution < -0.4 is 10.4 Å². The number of benzene rings is 2. The van der Waals surface area contributed by atoms with Gasteiger partial charge in [0, 0.05) is 27.5 Å². The number of ether oxygens (including phenoxy) is 1. The van der Waals surface area contributed by atoms with E-state index in [-0.39, 0.29) is 11.5 Å². The van der Waals surface area contributed by atoms with Gasteiger partial charge in [0.05, 0.1) is 11.3 Å². The summed E-state index contributed by atoms with van der Waals surface area (Å²) in [5.41, 5.74) is 1.25. The monoisotopic (exact) mass is 461 g/mol. The SMILES string of the molecule is O=C(Oc1ccc2cc(-c3ccccn3)c(=O)oc2c1)c1cc2cc(Br)ccc2o1. The van der Waals surface area contributed by atoms with Gasteiger partial charge in [0.2, 0.25) is 5.76 Å². The quantitative estimate of drug-likeness (QED) is 0.198. The first-order valence-corrected chi connectivity index (χ1v) is 9.77. The van der Waals surface area contributed by atoms with Crippen molar-refractivity contribution in [3.05, 3.63) is 93.6 Å². The number of halogens is 1. The van der Waals surface area contributed by atoms with E-state index in [9.17, 15) is 9.59 Å². The van der Waals surface area contributed by atoms with Crippen molar-refractivity contribution in [2.24, 2.45) is 0 Å². The first kappa shape index (κ1) is 18.3. The van der Waals surface area contributed by atoms with Crippen LogP contribution in [0.15, 0.2) is 91.0 Å². The average Bonchev–Trinajstić information content (AvgIpc) is 3.17. The van der Waals surface area contributed by atoms with Crippen LogP contribution in [0.4, 0.5) is 0 Å². The fraction of sp³-hybridized carbons (Fsp3) is 0. The molecule has 0 N–H and O–H groups in total. The summed E-state index contributed by atoms with van der Waals surface area (Å²) in [6.07, 6.45) is 1.61. The maximum absolute atomic E-state index is 12.5. The highest BCUT2D eigenvalue weighted by molar-refractivity contribution is 9.10. The lowest BCUT2D eigenvalue weighted by Crippen LogP contribution is -2.07. The third kappa shape index (κ3) is 3.40. The second-order valence-corrected chi connectivity index (χ2v) is 7.46. The van der Waals surface area contributed by atoms with Crippen molar-refractivity contribution in [1.29, 1.82) is 0 Å². The fourth-order valence-corrected chi connectivity index (χ4v) is 3.51. The van der Waals surface area contributed by atoms with Gasteiger partial charge < -0.3 is 13.6 Å². The Kier molecular flexibility index (Phi) is 4.44. The Bertz CT molecular complexity index is 1470. The number of esters is 1. The van der Waals surface area contributed by atoms with E-state index in [4.69, 9.17) is 13.6 Å². The number of pyridine rings is 1. The molecule has 0 amide bonds. The molecule has 0 unspecified atom stereocenters. The molecule has 146 valence electrons. The molecule has 0 atom stereocenters. The van der Waals surface area contributed by atoms with E-state index in [1.807, 2.05) is 12.1 Å². The van der Waals surface area contributed by atoms with Crippen LogP contribution in [0.2, 0.25) is 0 Å². The van der Waals surface area contributed by atoms with Crippen molar-refractivity contribution in [3.63, 3.8) is 0 Å². The minimum absolute atomic E-state index is 0.0788. The van der Waals surface area contributed by atoms with Crippen LogP contribution in [0.3, 0.4) is 0 Å². The third-order valence-corrected chi connectivity index (χ3v) is 5.03. The fourth-order valence-electron chi connectivity index (χ4n) is 3.13. The molecule has 0 aliphatic carbocycles. The Morgan fingerprint density at radius 2 is 1.80 bits per heavy atom. The highest BCUT2D eigenvalue weighted by atomic mass is 79.9. The van der Waals surface area contributed by atoms with Crippen LogP contribution in [0.25, 0.3) is 33.2 Å². The minimum Gasteiger partial charge on any atom is -0.449 e. The smallest absolute Gasteiger partial charge is 0.379 e. The second-order valence-electron chi connectivity index (χ2n) is 6.54. The van der Waals surface area contributed by atoms with Crippen LogP contribution in [-0.4, -0.2) is 11.0 Å². The Morgan fingerprint density at radius 3 is 2.63 bits per heavy atom. The molecule has 0 saturated heterocycles. The van der Waals surface area contributed by atoms with E-state index in [0.717, 1.165) is 9.86 Å². The number of hydrogen-bond acceptors (Lipinski definition) is 6. The summed E-state index contributed by atoms with van der Waals surface area (Å²) in [4.78, 5) is 29.1. The van der Waals surface area contributed by atoms with Crippen LogP contribution >= 0.6 is 15.9 Å². The Labute approximate surface area is 177 Å². The maximum Gasteiger partial charge on any atom is 0.379 e. The van der Waals surface area contributed by atoms with Crippen molar-refractivity contribution in [3.8, 4) is 17.0 Å². The van der Waals surface area contributed by atoms with Crippen molar-refractivity contribution in [1.82, 2.24) is 4.98 Å². The van der Waals surface area contributed by atoms with Crippen LogP contribution in [0.5, 0.6) is 5.75 Å². The zero-order valence-corrected chi connectivity index (χ0v) is 16.9. The van der Waals surface area contributed by atoms with Crippen molar-refractivity contribution < 1.29 is 18.4 Å². The Balaban J connectivity index is 1.46. The van der Waals surface area contributed by atoms with Gasteiger partial charge in [-0.15, -0.1) is 0 Å². The molecule has 7 heteroatoms. The molecule has 0 aliphatic rings. The van der Waals surface area contributed by atoms with Crippen LogP contribution in [0.1, 0.15) is 10.6 Å². The van der Waals surface area contributed by atoms with Crippen LogP contribution in [-0.2, 0) is 0 Å². The van der Waals surface area contributed by atoms with E-state index in [0.29, 0.717) is 27.8 Å². The van der Waals surface area contributed by atoms with E-state index in [2.05, 4.69) is 20.9 Å². The van der Waals surface area contributed by atoms with E-state index >= 15 is 0 Å². The number of aromatic nitrogens is 1. The second kappa shape index (κ2) is 7.27. The van der Waals surface area contributed by atoms with Gasteiger partial charge in [0.15, 0.2) is 0 Å². The summed E-state index contributed by atoms with van der Waals surface area (Å²) in [5.74, 6) is -0.327. The molecule has 3 heterocycles. The van der Waals surface area contributed by atoms with Gasteiger partial charge in [-0.3, -0.25) is 4.98 Å². The minimum atomic E-state index is -0.644. The highest BCUT2D eigenvalue weighted by Crippen LogP contribution is 2.26. The Morgan fingerprint density at radius 1 is 0.900 bits per heavy atom. The van der Waals surface area contributed by atoms with Crippen LogP contribution in [0, 0.1) is 0 Å². The summed E-state index contributed by atoms with van der Waals surface area (Å²) < 4.78 is 17.3. The Hall–Kier alpha value is -3.71. The molecular formula is C23H12BrNO5. The first-order chi connectivity index (χ1) is 14.6. The molecule has 5 aromatic rings. The van der Waals surface area contributed by atoms with Gasteiger partial charge in [-0.1, -0.05) is 22.0 Å². The molecule has 0 bridgehead atoms. The lowest BCUT2D eigenvalue weighted by Gasteiger charge is -2.05. The summed E-state index contributed by atoms with van der Waals surface area (Å²) >= 11 is 3.38. The third-order valence-electron chi connectivity index (χ3n) is 4.54. The number of furan rings is 1. The van der Waals surface area contributed by atoms with E-state index in [1.165, 1.54) is 6.07 Å². The molecular weight excluding hydrogens is 450 g/mol. The van der Waals surface area contributed by atoms with E-state index < -0.39 is 11.6 Å². The summed E-state index contributed by atoms with van der Waals surface area (Å²) in [7, 11) is 0. The molecule has 0 spiro atoms. The van der Waals surface area contributed by atoms with Gasteiger partial charge in [0.1, 0.15) is 16.9 Å². The zero-order chi connectivity index (χ0) is 20.7. The number of hydrogen-bond donors (Lipinski definition) is 0. The molecule has 0 aliphatic heterocycles. The van der Waals surface area contributed by atoms with Crippen molar-refractivity contribution in [2.75, 3.05) is 0 Å². The molecule has 2 aromatic carbocycles. The molecule has 3 aromatic heterocycles. The molecule has 30 heavy (non-hydrogen) atoms. The zero-order valence-electron chi connectivity index (χ0n) is 15.3. The van der Waals surface area contributed by atoms with Crippen molar-refractivity contribution >= 4 is 43.8 Å². The number of fused-ring (bicyclic) bond motifs is 2. The summed E-state index contributed by atoms with van der Waals surface area (Å²) in [6, 6.07) is 18.9. The molecule has 6 nitrogen and oxygen atoms in total. The van der Waals surface area contributed by atoms with Gasteiger partial charge in [-0.2, -0.15) is 0 Å². The van der Waals surface area contributed by atoms with Crippen molar-refractivity contribution in [2.45, 2.75) is 0 Å². The lowest BCUT2D eigenvalue weighted by atomic mass is 10.1. The molecule has 0 fully saturated rings. The molecule has 0 radical (unpaired) electrons. The van der Waals surface area contributed by atoms with Gasteiger partial charge >= 0.3 is 11.6 Å². The first-order valence-electron chi connectivity index (χ1n) is 8.97. The standard InChI is InChI=1S/C23H12BrNO5/c24-15-5-7-19-14(9-15)11-21(29-19)23(27)28-16-6-4-13-10-17(18-3-1-2-8-25-18)22(26)30-20(13)12-16/h1-12H. The number of carbonyl (C=O) groups is 1. The predicted molar refractivity (Wildman–Crippen MR) is 115 cm³/mol. The molecule has 0 saturated carbocycles. The van der Waals surface area contributed by atoms with Gasteiger partial charge in [-0.05, 0) is 54.6 Å². The normalized spacial score (nSPS) is 11.1. The maximum atomic E-state index is 12.5. The molecule has 5 rings (SSSR count). The largest absolute Gasteiger partial charge is 0.449 e. The lowest BCUT2D eigenvalue weighted by molar-refractivity contribution is 0.0704. The topological polar surface area (TPSA) is 82.5 Å². The van der Waals surface area contributed by atoms with Gasteiger partial charge in [-0.25, -0.2) is 9.59 Å². The summed E-state index contributed by atoms with van der Waals surface area (Å²) in [5, 5.41) is 1.46. The van der Waals surface area contributed by atoms with E-state index in [1.54, 1.807) is 54.7 Å². The number of nitrogens with zero attached hydrogens (tertiary/aromatic N) is 1. The number of carbonyl (C=O) groups excluding carboxylic acids is 1. The highest BCUT2D eigenvalue weighted by Gasteiger charge is 2.16. The predicted octanol–water partition coefficient (Wildman–Crippen LogP) is 5.58. The number of rotatable bonds is 3. The van der Waals surface area contributed by atoms with Gasteiger partial charge in [0.25, 0.3) is 0 Å². The summed E-state index contributed by atoms with van der Waals surface area (Å²) in [6.45, 7) is 0. The average molecular weight is 462 g/mol.